The Morgan fingerprint density at radius 2 is 1.56 bits per heavy atom. The van der Waals surface area contributed by atoms with Crippen LogP contribution in [0.3, 0.4) is 0 Å². The lowest BCUT2D eigenvalue weighted by atomic mass is 10.1. The number of hydrogen-bond acceptors (Lipinski definition) is 3. The van der Waals surface area contributed by atoms with Crippen molar-refractivity contribution >= 4 is 23.4 Å². The largest absolute Gasteiger partial charge is 0.326 e. The zero-order chi connectivity index (χ0) is 17.6. The van der Waals surface area contributed by atoms with Gasteiger partial charge in [0.25, 0.3) is 5.91 Å². The molecule has 2 aromatic rings. The van der Waals surface area contributed by atoms with Crippen molar-refractivity contribution in [2.45, 2.75) is 19.3 Å². The summed E-state index contributed by atoms with van der Waals surface area (Å²) in [6.45, 7) is 0. The fourth-order valence-electron chi connectivity index (χ4n) is 2.32. The summed E-state index contributed by atoms with van der Waals surface area (Å²) in [4.78, 5) is 35.5. The van der Waals surface area contributed by atoms with E-state index in [2.05, 4.69) is 16.2 Å². The molecule has 0 bridgehead atoms. The standard InChI is InChI=1S/C19H19N3O3/c23-17(12-13-4-2-1-3-5-13)21-22-19(25)15-8-10-16(11-9-15)20-18(24)14-6-7-14/h1-5,8-11,14H,6-7,12H2,(H,20,24)(H,21,23)(H,22,25). The SMILES string of the molecule is O=C(Cc1ccccc1)NNC(=O)c1ccc(NC(=O)C2CC2)cc1. The Labute approximate surface area is 145 Å². The van der Waals surface area contributed by atoms with Crippen molar-refractivity contribution in [1.29, 1.82) is 0 Å². The summed E-state index contributed by atoms with van der Waals surface area (Å²) < 4.78 is 0. The van der Waals surface area contributed by atoms with Crippen molar-refractivity contribution in [3.8, 4) is 0 Å². The van der Waals surface area contributed by atoms with E-state index in [-0.39, 0.29) is 24.2 Å². The molecule has 0 aromatic heterocycles. The minimum absolute atomic E-state index is 0.0189. The van der Waals surface area contributed by atoms with Crippen LogP contribution in [0.15, 0.2) is 54.6 Å². The van der Waals surface area contributed by atoms with E-state index >= 15 is 0 Å². The summed E-state index contributed by atoms with van der Waals surface area (Å²) in [6.07, 6.45) is 2.07. The molecule has 0 heterocycles. The van der Waals surface area contributed by atoms with Crippen molar-refractivity contribution in [2.24, 2.45) is 5.92 Å². The van der Waals surface area contributed by atoms with Crippen molar-refractivity contribution in [3.63, 3.8) is 0 Å². The lowest BCUT2D eigenvalue weighted by Gasteiger charge is -2.08. The van der Waals surface area contributed by atoms with E-state index in [1.807, 2.05) is 30.3 Å². The quantitative estimate of drug-likeness (QED) is 0.730. The van der Waals surface area contributed by atoms with Crippen LogP contribution in [0.1, 0.15) is 28.8 Å². The molecule has 0 spiro atoms. The molecular weight excluding hydrogens is 318 g/mol. The first-order valence-electron chi connectivity index (χ1n) is 8.16. The Morgan fingerprint density at radius 1 is 0.880 bits per heavy atom. The van der Waals surface area contributed by atoms with Crippen molar-refractivity contribution in [2.75, 3.05) is 5.32 Å². The molecule has 0 saturated heterocycles. The Bertz CT molecular complexity index is 768. The lowest BCUT2D eigenvalue weighted by Crippen LogP contribution is -2.42. The predicted molar refractivity (Wildman–Crippen MR) is 93.6 cm³/mol. The van der Waals surface area contributed by atoms with Crippen LogP contribution in [-0.2, 0) is 16.0 Å². The number of anilines is 1. The van der Waals surface area contributed by atoms with Crippen LogP contribution >= 0.6 is 0 Å². The molecule has 3 rings (SSSR count). The lowest BCUT2D eigenvalue weighted by molar-refractivity contribution is -0.121. The summed E-state index contributed by atoms with van der Waals surface area (Å²) in [5, 5.41) is 2.81. The average Bonchev–Trinajstić information content (AvgIpc) is 3.46. The van der Waals surface area contributed by atoms with Gasteiger partial charge >= 0.3 is 0 Å². The molecule has 2 aromatic carbocycles. The zero-order valence-corrected chi connectivity index (χ0v) is 13.6. The second kappa shape index (κ2) is 7.61. The number of nitrogens with one attached hydrogen (secondary N) is 3. The molecule has 0 atom stereocenters. The summed E-state index contributed by atoms with van der Waals surface area (Å²) in [5.74, 6) is -0.567. The number of hydrogen-bond donors (Lipinski definition) is 3. The second-order valence-corrected chi connectivity index (χ2v) is 6.01. The van der Waals surface area contributed by atoms with Crippen molar-refractivity contribution in [1.82, 2.24) is 10.9 Å². The number of carbonyl (C=O) groups excluding carboxylic acids is 3. The molecule has 0 unspecified atom stereocenters. The number of carbonyl (C=O) groups is 3. The topological polar surface area (TPSA) is 87.3 Å². The van der Waals surface area contributed by atoms with Crippen LogP contribution in [0.4, 0.5) is 5.69 Å². The first-order valence-corrected chi connectivity index (χ1v) is 8.16. The third kappa shape index (κ3) is 4.91. The number of amides is 3. The summed E-state index contributed by atoms with van der Waals surface area (Å²) in [6, 6.07) is 15.8. The van der Waals surface area contributed by atoms with E-state index in [1.165, 1.54) is 0 Å². The molecule has 1 aliphatic carbocycles. The number of benzene rings is 2. The Hall–Kier alpha value is -3.15. The third-order valence-electron chi connectivity index (χ3n) is 3.89. The first kappa shape index (κ1) is 16.7. The fourth-order valence-corrected chi connectivity index (χ4v) is 2.32. The van der Waals surface area contributed by atoms with Gasteiger partial charge in [-0.2, -0.15) is 0 Å². The molecule has 1 saturated carbocycles. The van der Waals surface area contributed by atoms with Gasteiger partial charge in [0.1, 0.15) is 0 Å². The van der Waals surface area contributed by atoms with Gasteiger partial charge < -0.3 is 5.32 Å². The van der Waals surface area contributed by atoms with Gasteiger partial charge in [0, 0.05) is 17.2 Å². The van der Waals surface area contributed by atoms with E-state index in [4.69, 9.17) is 0 Å². The maximum absolute atomic E-state index is 12.0. The first-order chi connectivity index (χ1) is 12.1. The minimum atomic E-state index is -0.415. The molecule has 128 valence electrons. The molecule has 3 amide bonds. The van der Waals surface area contributed by atoms with Gasteiger partial charge in [-0.25, -0.2) is 0 Å². The summed E-state index contributed by atoms with van der Waals surface area (Å²) in [7, 11) is 0. The Kier molecular flexibility index (Phi) is 5.09. The van der Waals surface area contributed by atoms with Crippen LogP contribution in [0, 0.1) is 5.92 Å². The smallest absolute Gasteiger partial charge is 0.269 e. The van der Waals surface area contributed by atoms with Crippen LogP contribution in [0.5, 0.6) is 0 Å². The molecule has 1 aliphatic rings. The van der Waals surface area contributed by atoms with Gasteiger partial charge in [0.2, 0.25) is 11.8 Å². The normalized spacial score (nSPS) is 13.0. The molecule has 1 fully saturated rings. The van der Waals surface area contributed by atoms with Gasteiger partial charge in [0.15, 0.2) is 0 Å². The van der Waals surface area contributed by atoms with Crippen molar-refractivity contribution in [3.05, 3.63) is 65.7 Å². The van der Waals surface area contributed by atoms with Crippen LogP contribution in [-0.4, -0.2) is 17.7 Å². The zero-order valence-electron chi connectivity index (χ0n) is 13.6. The number of hydrazine groups is 1. The minimum Gasteiger partial charge on any atom is -0.326 e. The van der Waals surface area contributed by atoms with Gasteiger partial charge in [-0.15, -0.1) is 0 Å². The van der Waals surface area contributed by atoms with Crippen molar-refractivity contribution < 1.29 is 14.4 Å². The molecule has 6 nitrogen and oxygen atoms in total. The fraction of sp³-hybridized carbons (Fsp3) is 0.211. The Morgan fingerprint density at radius 3 is 2.20 bits per heavy atom. The highest BCUT2D eigenvalue weighted by Crippen LogP contribution is 2.30. The molecule has 25 heavy (non-hydrogen) atoms. The van der Waals surface area contributed by atoms with Gasteiger partial charge in [-0.3, -0.25) is 25.2 Å². The maximum atomic E-state index is 12.0. The molecule has 0 radical (unpaired) electrons. The average molecular weight is 337 g/mol. The van der Waals surface area contributed by atoms with Crippen LogP contribution in [0.2, 0.25) is 0 Å². The maximum Gasteiger partial charge on any atom is 0.269 e. The van der Waals surface area contributed by atoms with E-state index < -0.39 is 5.91 Å². The predicted octanol–water partition coefficient (Wildman–Crippen LogP) is 2.04. The third-order valence-corrected chi connectivity index (χ3v) is 3.89. The highest BCUT2D eigenvalue weighted by molar-refractivity contribution is 5.97. The highest BCUT2D eigenvalue weighted by atomic mass is 16.2. The molecule has 3 N–H and O–H groups in total. The molecule has 6 heteroatoms. The summed E-state index contributed by atoms with van der Waals surface area (Å²) in [5.41, 5.74) is 6.69. The van der Waals surface area contributed by atoms with Crippen LogP contribution in [0.25, 0.3) is 0 Å². The van der Waals surface area contributed by atoms with Crippen LogP contribution < -0.4 is 16.2 Å². The van der Waals surface area contributed by atoms with Gasteiger partial charge in [0.05, 0.1) is 6.42 Å². The summed E-state index contributed by atoms with van der Waals surface area (Å²) >= 11 is 0. The Balaban J connectivity index is 1.47. The van der Waals surface area contributed by atoms with Gasteiger partial charge in [-0.05, 0) is 42.7 Å². The van der Waals surface area contributed by atoms with E-state index in [9.17, 15) is 14.4 Å². The van der Waals surface area contributed by atoms with E-state index in [0.717, 1.165) is 18.4 Å². The molecular formula is C19H19N3O3. The molecule has 0 aliphatic heterocycles. The van der Waals surface area contributed by atoms with E-state index in [0.29, 0.717) is 11.3 Å². The number of rotatable bonds is 5. The van der Waals surface area contributed by atoms with Gasteiger partial charge in [-0.1, -0.05) is 30.3 Å². The highest BCUT2D eigenvalue weighted by Gasteiger charge is 2.29. The second-order valence-electron chi connectivity index (χ2n) is 6.01. The van der Waals surface area contributed by atoms with E-state index in [1.54, 1.807) is 24.3 Å². The monoisotopic (exact) mass is 337 g/mol.